The Bertz CT molecular complexity index is 1080. The molecule has 1 N–H and O–H groups in total. The molecular formula is C21H25N9. The molecule has 5 heterocycles. The zero-order valence-corrected chi connectivity index (χ0v) is 17.0. The van der Waals surface area contributed by atoms with Gasteiger partial charge >= 0.3 is 0 Å². The van der Waals surface area contributed by atoms with Crippen LogP contribution in [-0.4, -0.2) is 82.0 Å². The lowest BCUT2D eigenvalue weighted by atomic mass is 10.2. The normalized spacial score (nSPS) is 23.0. The molecule has 3 aliphatic rings. The minimum atomic E-state index is -0.140. The van der Waals surface area contributed by atoms with E-state index < -0.39 is 0 Å². The number of aromatic nitrogens is 3. The summed E-state index contributed by atoms with van der Waals surface area (Å²) in [4.78, 5) is 19.0. The van der Waals surface area contributed by atoms with Gasteiger partial charge < -0.3 is 10.2 Å². The molecule has 1 saturated heterocycles. The van der Waals surface area contributed by atoms with Gasteiger partial charge in [0.05, 0.1) is 23.4 Å². The maximum Gasteiger partial charge on any atom is 0.216 e. The summed E-state index contributed by atoms with van der Waals surface area (Å²) in [7, 11) is 2.18. The van der Waals surface area contributed by atoms with Crippen molar-refractivity contribution >= 4 is 22.9 Å². The van der Waals surface area contributed by atoms with Crippen LogP contribution in [0.5, 0.6) is 0 Å². The number of pyridine rings is 1. The molecule has 9 nitrogen and oxygen atoms in total. The van der Waals surface area contributed by atoms with Gasteiger partial charge in [0, 0.05) is 32.4 Å². The largest absolute Gasteiger partial charge is 0.330 e. The van der Waals surface area contributed by atoms with Crippen LogP contribution in [0.3, 0.4) is 0 Å². The molecule has 0 aliphatic carbocycles. The van der Waals surface area contributed by atoms with E-state index in [1.807, 2.05) is 30.5 Å². The molecule has 3 aliphatic heterocycles. The van der Waals surface area contributed by atoms with Crippen molar-refractivity contribution in [2.24, 2.45) is 4.99 Å². The second kappa shape index (κ2) is 7.05. The maximum atomic E-state index is 4.99. The number of piperazine rings is 1. The van der Waals surface area contributed by atoms with Gasteiger partial charge in [-0.2, -0.15) is 0 Å². The number of hydrogen-bond donors (Lipinski definition) is 1. The third-order valence-corrected chi connectivity index (χ3v) is 6.13. The Morgan fingerprint density at radius 3 is 2.63 bits per heavy atom. The molecule has 0 saturated carbocycles. The molecule has 0 bridgehead atoms. The van der Waals surface area contributed by atoms with Crippen LogP contribution in [0.4, 0.5) is 5.95 Å². The van der Waals surface area contributed by atoms with E-state index in [0.717, 1.165) is 61.5 Å². The van der Waals surface area contributed by atoms with E-state index in [9.17, 15) is 0 Å². The molecule has 0 unspecified atom stereocenters. The highest BCUT2D eigenvalue weighted by Crippen LogP contribution is 2.33. The lowest BCUT2D eigenvalue weighted by Gasteiger charge is -2.46. The van der Waals surface area contributed by atoms with Crippen LogP contribution in [-0.2, 0) is 0 Å². The van der Waals surface area contributed by atoms with Crippen molar-refractivity contribution in [1.29, 1.82) is 0 Å². The zero-order chi connectivity index (χ0) is 20.1. The number of anilines is 1. The molecule has 3 aromatic rings. The van der Waals surface area contributed by atoms with Gasteiger partial charge in [0.1, 0.15) is 6.67 Å². The summed E-state index contributed by atoms with van der Waals surface area (Å²) in [6.45, 7) is 5.58. The van der Waals surface area contributed by atoms with Crippen LogP contribution in [0.15, 0.2) is 53.7 Å². The molecule has 2 aromatic heterocycles. The van der Waals surface area contributed by atoms with Crippen LogP contribution in [0.25, 0.3) is 11.0 Å². The van der Waals surface area contributed by atoms with Gasteiger partial charge in [0.15, 0.2) is 6.17 Å². The van der Waals surface area contributed by atoms with Crippen molar-refractivity contribution in [2.75, 3.05) is 51.5 Å². The Balaban J connectivity index is 1.41. The fourth-order valence-corrected chi connectivity index (χ4v) is 4.46. The topological polar surface area (TPSA) is 68.1 Å². The van der Waals surface area contributed by atoms with Crippen LogP contribution < -0.4 is 10.2 Å². The highest BCUT2D eigenvalue weighted by molar-refractivity contribution is 5.98. The quantitative estimate of drug-likeness (QED) is 0.688. The van der Waals surface area contributed by atoms with E-state index in [-0.39, 0.29) is 6.17 Å². The number of hydrogen-bond acceptors (Lipinski definition) is 8. The molecule has 30 heavy (non-hydrogen) atoms. The lowest BCUT2D eigenvalue weighted by molar-refractivity contribution is -0.0528. The first-order valence-electron chi connectivity index (χ1n) is 10.4. The fourth-order valence-electron chi connectivity index (χ4n) is 4.46. The molecule has 0 amide bonds. The summed E-state index contributed by atoms with van der Waals surface area (Å²) in [5.41, 5.74) is 3.02. The summed E-state index contributed by atoms with van der Waals surface area (Å²) in [6.07, 6.45) is 1.69. The Morgan fingerprint density at radius 1 is 0.967 bits per heavy atom. The Labute approximate surface area is 175 Å². The monoisotopic (exact) mass is 403 g/mol. The van der Waals surface area contributed by atoms with Gasteiger partial charge in [-0.25, -0.2) is 20.0 Å². The van der Waals surface area contributed by atoms with Crippen molar-refractivity contribution in [3.63, 3.8) is 0 Å². The van der Waals surface area contributed by atoms with Gasteiger partial charge in [-0.3, -0.25) is 14.5 Å². The maximum absolute atomic E-state index is 4.99. The van der Waals surface area contributed by atoms with Crippen LogP contribution in [0.2, 0.25) is 0 Å². The number of rotatable bonds is 2. The first-order chi connectivity index (χ1) is 14.8. The molecule has 1 atom stereocenters. The molecule has 0 spiro atoms. The fraction of sp³-hybridized carbons (Fsp3) is 0.381. The van der Waals surface area contributed by atoms with Gasteiger partial charge in [-0.05, 0) is 31.3 Å². The first-order valence-corrected chi connectivity index (χ1v) is 10.4. The first kappa shape index (κ1) is 17.8. The molecule has 154 valence electrons. The van der Waals surface area contributed by atoms with E-state index >= 15 is 0 Å². The van der Waals surface area contributed by atoms with Crippen LogP contribution >= 0.6 is 0 Å². The summed E-state index contributed by atoms with van der Waals surface area (Å²) in [5, 5.41) is 8.36. The Hall–Kier alpha value is -3.01. The number of nitrogens with zero attached hydrogens (tertiary/aromatic N) is 8. The van der Waals surface area contributed by atoms with Crippen molar-refractivity contribution in [3.8, 4) is 0 Å². The smallest absolute Gasteiger partial charge is 0.216 e. The predicted octanol–water partition coefficient (Wildman–Crippen LogP) is 1.14. The predicted molar refractivity (Wildman–Crippen MR) is 116 cm³/mol. The third kappa shape index (κ3) is 2.85. The third-order valence-electron chi connectivity index (χ3n) is 6.13. The second-order valence-corrected chi connectivity index (χ2v) is 8.03. The molecule has 9 heteroatoms. The van der Waals surface area contributed by atoms with Gasteiger partial charge in [-0.15, -0.1) is 0 Å². The number of nitrogens with one attached hydrogen (secondary N) is 1. The summed E-state index contributed by atoms with van der Waals surface area (Å²) in [6, 6.07) is 14.3. The Kier molecular flexibility index (Phi) is 4.19. The second-order valence-electron chi connectivity index (χ2n) is 8.03. The molecule has 6 rings (SSSR count). The van der Waals surface area contributed by atoms with E-state index in [4.69, 9.17) is 9.98 Å². The number of aliphatic imine (C=N–C) groups is 1. The van der Waals surface area contributed by atoms with Gasteiger partial charge in [-0.1, -0.05) is 18.2 Å². The number of imidazole rings is 1. The number of hydrazine groups is 1. The number of likely N-dealkylation sites (N-methyl/N-ethyl adjacent to an activating group) is 1. The Morgan fingerprint density at radius 2 is 1.80 bits per heavy atom. The molecule has 1 fully saturated rings. The highest BCUT2D eigenvalue weighted by atomic mass is 15.7. The molecule has 0 radical (unpaired) electrons. The number of fused-ring (bicyclic) bond motifs is 5. The summed E-state index contributed by atoms with van der Waals surface area (Å²) >= 11 is 0. The minimum Gasteiger partial charge on any atom is -0.330 e. The van der Waals surface area contributed by atoms with E-state index in [1.165, 1.54) is 0 Å². The van der Waals surface area contributed by atoms with Gasteiger partial charge in [0.2, 0.25) is 11.9 Å². The average Bonchev–Trinajstić information content (AvgIpc) is 3.19. The standard InChI is InChI=1S/C21H25N9/c1-26-10-12-27(13-11-26)28-14-23-20-25-19(17-7-4-5-9-22-17)30-18-8-3-2-6-16(18)24-21(30)29(20)15-28/h2-9,19H,10-15H2,1H3,(H,23,25)/t19-/m0/s1. The van der Waals surface area contributed by atoms with Crippen molar-refractivity contribution < 1.29 is 0 Å². The SMILES string of the molecule is CN1CCN(N2CN=C3N[C@H](c4ccccn4)n4c(nc5ccccc54)N3C2)CC1. The van der Waals surface area contributed by atoms with E-state index in [0.29, 0.717) is 6.67 Å². The van der Waals surface area contributed by atoms with Crippen molar-refractivity contribution in [1.82, 2.24) is 34.8 Å². The van der Waals surface area contributed by atoms with Gasteiger partial charge in [0.25, 0.3) is 0 Å². The molecule has 1 aromatic carbocycles. The summed E-state index contributed by atoms with van der Waals surface area (Å²) < 4.78 is 2.24. The number of benzene rings is 1. The van der Waals surface area contributed by atoms with Crippen molar-refractivity contribution in [2.45, 2.75) is 6.17 Å². The van der Waals surface area contributed by atoms with Crippen molar-refractivity contribution in [3.05, 3.63) is 54.4 Å². The number of para-hydroxylation sites is 2. The number of guanidine groups is 1. The lowest BCUT2D eigenvalue weighted by Crippen LogP contribution is -2.62. The minimum absolute atomic E-state index is 0.140. The van der Waals surface area contributed by atoms with E-state index in [2.05, 4.69) is 59.9 Å². The van der Waals surface area contributed by atoms with Crippen LogP contribution in [0.1, 0.15) is 11.9 Å². The van der Waals surface area contributed by atoms with Crippen LogP contribution in [0, 0.1) is 0 Å². The highest BCUT2D eigenvalue weighted by Gasteiger charge is 2.37. The van der Waals surface area contributed by atoms with E-state index in [1.54, 1.807) is 0 Å². The molecular weight excluding hydrogens is 378 g/mol. The average molecular weight is 403 g/mol. The summed E-state index contributed by atoms with van der Waals surface area (Å²) in [5.74, 6) is 1.77. The zero-order valence-electron chi connectivity index (χ0n) is 17.0.